The summed E-state index contributed by atoms with van der Waals surface area (Å²) in [5.74, 6) is -0.479. The second-order valence-corrected chi connectivity index (χ2v) is 7.95. The van der Waals surface area contributed by atoms with Crippen molar-refractivity contribution >= 4 is 16.0 Å². The second-order valence-electron chi connectivity index (χ2n) is 5.95. The van der Waals surface area contributed by atoms with Gasteiger partial charge in [-0.15, -0.1) is 0 Å². The topological polar surface area (TPSA) is 63.7 Å². The average Bonchev–Trinajstić information content (AvgIpc) is 2.55. The third-order valence-corrected chi connectivity index (χ3v) is 5.91. The van der Waals surface area contributed by atoms with Crippen LogP contribution in [0.25, 0.3) is 0 Å². The number of hydrogen-bond donors (Lipinski definition) is 0. The van der Waals surface area contributed by atoms with E-state index in [4.69, 9.17) is 4.74 Å². The molecule has 0 saturated heterocycles. The molecule has 1 atom stereocenters. The van der Waals surface area contributed by atoms with Crippen LogP contribution in [-0.2, 0) is 19.6 Å². The Balaban J connectivity index is 2.97. The molecule has 0 N–H and O–H groups in total. The van der Waals surface area contributed by atoms with Gasteiger partial charge in [0.15, 0.2) is 0 Å². The molecule has 0 spiro atoms. The number of hydrogen-bond acceptors (Lipinski definition) is 4. The maximum Gasteiger partial charge on any atom is 0.324 e. The van der Waals surface area contributed by atoms with Crippen LogP contribution < -0.4 is 0 Å². The number of unbranched alkanes of at least 4 members (excludes halogenated alkanes) is 3. The third-order valence-electron chi connectivity index (χ3n) is 4.03. The molecule has 0 amide bonds. The van der Waals surface area contributed by atoms with Gasteiger partial charge in [0.05, 0.1) is 11.5 Å². The summed E-state index contributed by atoms with van der Waals surface area (Å²) >= 11 is 0. The first-order chi connectivity index (χ1) is 11.3. The lowest BCUT2D eigenvalue weighted by Gasteiger charge is -2.26. The lowest BCUT2D eigenvalue weighted by molar-refractivity contribution is -0.147. The van der Waals surface area contributed by atoms with Crippen LogP contribution in [0.2, 0.25) is 0 Å². The molecule has 5 nitrogen and oxygen atoms in total. The van der Waals surface area contributed by atoms with Gasteiger partial charge in [-0.05, 0) is 32.4 Å². The molecular formula is C18H29NO4S. The van der Waals surface area contributed by atoms with Crippen molar-refractivity contribution in [1.29, 1.82) is 0 Å². The van der Waals surface area contributed by atoms with E-state index >= 15 is 0 Å². The lowest BCUT2D eigenvalue weighted by atomic mass is 10.1. The molecule has 0 heterocycles. The van der Waals surface area contributed by atoms with Crippen molar-refractivity contribution < 1.29 is 17.9 Å². The number of likely N-dealkylation sites (N-methyl/N-ethyl adjacent to an activating group) is 1. The molecule has 1 aromatic rings. The minimum absolute atomic E-state index is 0.193. The van der Waals surface area contributed by atoms with Crippen LogP contribution in [0.4, 0.5) is 0 Å². The normalized spacial score (nSPS) is 13.0. The maximum atomic E-state index is 12.8. The number of ether oxygens (including phenoxy) is 1. The minimum atomic E-state index is -3.73. The SMILES string of the molecule is CCCCCCC(C(=O)OCC)N(C)S(=O)(=O)c1ccc(C)cc1. The van der Waals surface area contributed by atoms with Gasteiger partial charge in [0.2, 0.25) is 10.0 Å². The Morgan fingerprint density at radius 1 is 1.12 bits per heavy atom. The number of carbonyl (C=O) groups is 1. The van der Waals surface area contributed by atoms with Crippen molar-refractivity contribution in [1.82, 2.24) is 4.31 Å². The first-order valence-corrected chi connectivity index (χ1v) is 9.99. The predicted octanol–water partition coefficient (Wildman–Crippen LogP) is 3.52. The van der Waals surface area contributed by atoms with Crippen LogP contribution in [-0.4, -0.2) is 38.4 Å². The van der Waals surface area contributed by atoms with E-state index in [2.05, 4.69) is 6.92 Å². The summed E-state index contributed by atoms with van der Waals surface area (Å²) in [5, 5.41) is 0. The van der Waals surface area contributed by atoms with Gasteiger partial charge < -0.3 is 4.74 Å². The van der Waals surface area contributed by atoms with Crippen molar-refractivity contribution in [3.8, 4) is 0 Å². The molecule has 0 bridgehead atoms. The van der Waals surface area contributed by atoms with Crippen LogP contribution in [0.15, 0.2) is 29.2 Å². The van der Waals surface area contributed by atoms with Gasteiger partial charge in [-0.2, -0.15) is 4.31 Å². The van der Waals surface area contributed by atoms with Crippen LogP contribution in [0, 0.1) is 6.92 Å². The fourth-order valence-electron chi connectivity index (χ4n) is 2.50. The van der Waals surface area contributed by atoms with Gasteiger partial charge >= 0.3 is 5.97 Å². The monoisotopic (exact) mass is 355 g/mol. The highest BCUT2D eigenvalue weighted by Crippen LogP contribution is 2.21. The Bertz CT molecular complexity index is 610. The highest BCUT2D eigenvalue weighted by atomic mass is 32.2. The van der Waals surface area contributed by atoms with Gasteiger partial charge in [0, 0.05) is 7.05 Å². The summed E-state index contributed by atoms with van der Waals surface area (Å²) in [6, 6.07) is 5.86. The van der Waals surface area contributed by atoms with Crippen molar-refractivity contribution in [3.63, 3.8) is 0 Å². The molecule has 136 valence electrons. The molecule has 0 aliphatic rings. The largest absolute Gasteiger partial charge is 0.465 e. The number of rotatable bonds is 10. The molecular weight excluding hydrogens is 326 g/mol. The molecule has 0 radical (unpaired) electrons. The van der Waals surface area contributed by atoms with E-state index in [-0.39, 0.29) is 11.5 Å². The van der Waals surface area contributed by atoms with E-state index in [0.29, 0.717) is 6.42 Å². The quantitative estimate of drug-likeness (QED) is 0.476. The van der Waals surface area contributed by atoms with E-state index in [9.17, 15) is 13.2 Å². The Morgan fingerprint density at radius 2 is 1.75 bits per heavy atom. The highest BCUT2D eigenvalue weighted by molar-refractivity contribution is 7.89. The number of benzene rings is 1. The minimum Gasteiger partial charge on any atom is -0.465 e. The predicted molar refractivity (Wildman–Crippen MR) is 95.3 cm³/mol. The molecule has 6 heteroatoms. The average molecular weight is 356 g/mol. The standard InChI is InChI=1S/C18H29NO4S/c1-5-7-8-9-10-17(18(20)23-6-2)19(4)24(21,22)16-13-11-15(3)12-14-16/h11-14,17H,5-10H2,1-4H3. The highest BCUT2D eigenvalue weighted by Gasteiger charge is 2.33. The van der Waals surface area contributed by atoms with Crippen molar-refractivity contribution in [2.75, 3.05) is 13.7 Å². The van der Waals surface area contributed by atoms with Gasteiger partial charge in [0.1, 0.15) is 6.04 Å². The molecule has 0 aliphatic carbocycles. The Hall–Kier alpha value is -1.40. The Morgan fingerprint density at radius 3 is 2.29 bits per heavy atom. The van der Waals surface area contributed by atoms with Gasteiger partial charge in [-0.1, -0.05) is 50.3 Å². The summed E-state index contributed by atoms with van der Waals surface area (Å²) in [6.07, 6.45) is 4.40. The molecule has 0 saturated carbocycles. The summed E-state index contributed by atoms with van der Waals surface area (Å²) < 4.78 is 31.8. The number of sulfonamides is 1. The zero-order valence-electron chi connectivity index (χ0n) is 15.1. The summed E-state index contributed by atoms with van der Waals surface area (Å²) in [6.45, 7) is 5.97. The molecule has 1 unspecified atom stereocenters. The number of carbonyl (C=O) groups excluding carboxylic acids is 1. The zero-order valence-corrected chi connectivity index (χ0v) is 15.9. The van der Waals surface area contributed by atoms with E-state index in [1.165, 1.54) is 7.05 Å². The summed E-state index contributed by atoms with van der Waals surface area (Å²) in [4.78, 5) is 12.4. The first-order valence-electron chi connectivity index (χ1n) is 8.55. The van der Waals surface area contributed by atoms with Crippen LogP contribution >= 0.6 is 0 Å². The molecule has 0 aliphatic heterocycles. The van der Waals surface area contributed by atoms with Crippen LogP contribution in [0.5, 0.6) is 0 Å². The van der Waals surface area contributed by atoms with Crippen molar-refractivity contribution in [2.24, 2.45) is 0 Å². The summed E-state index contributed by atoms with van der Waals surface area (Å²) in [5.41, 5.74) is 0.984. The summed E-state index contributed by atoms with van der Waals surface area (Å²) in [7, 11) is -2.27. The fraction of sp³-hybridized carbons (Fsp3) is 0.611. The number of esters is 1. The van der Waals surface area contributed by atoms with Gasteiger partial charge in [-0.3, -0.25) is 4.79 Å². The smallest absolute Gasteiger partial charge is 0.324 e. The fourth-order valence-corrected chi connectivity index (χ4v) is 3.83. The van der Waals surface area contributed by atoms with Crippen molar-refractivity contribution in [2.45, 2.75) is 63.8 Å². The van der Waals surface area contributed by atoms with E-state index < -0.39 is 22.0 Å². The molecule has 1 rings (SSSR count). The van der Waals surface area contributed by atoms with E-state index in [0.717, 1.165) is 35.6 Å². The third kappa shape index (κ3) is 5.60. The Kier molecular flexibility index (Phi) is 8.42. The van der Waals surface area contributed by atoms with E-state index in [1.54, 1.807) is 31.2 Å². The van der Waals surface area contributed by atoms with E-state index in [1.807, 2.05) is 6.92 Å². The number of aryl methyl sites for hydroxylation is 1. The Labute approximate surface area is 146 Å². The second kappa shape index (κ2) is 9.79. The van der Waals surface area contributed by atoms with Gasteiger partial charge in [-0.25, -0.2) is 8.42 Å². The molecule has 0 fully saturated rings. The van der Waals surface area contributed by atoms with Crippen LogP contribution in [0.3, 0.4) is 0 Å². The molecule has 24 heavy (non-hydrogen) atoms. The lowest BCUT2D eigenvalue weighted by Crippen LogP contribution is -2.43. The molecule has 0 aromatic heterocycles. The number of nitrogens with zero attached hydrogens (tertiary/aromatic N) is 1. The maximum absolute atomic E-state index is 12.8. The molecule has 1 aromatic carbocycles. The van der Waals surface area contributed by atoms with Crippen molar-refractivity contribution in [3.05, 3.63) is 29.8 Å². The first kappa shape index (κ1) is 20.6. The van der Waals surface area contributed by atoms with Crippen LogP contribution in [0.1, 0.15) is 51.5 Å². The zero-order chi connectivity index (χ0) is 18.2. The van der Waals surface area contributed by atoms with Gasteiger partial charge in [0.25, 0.3) is 0 Å².